The number of hydrogen-bond donors (Lipinski definition) is 2. The van der Waals surface area contributed by atoms with Crippen molar-refractivity contribution in [3.63, 3.8) is 0 Å². The Hall–Kier alpha value is -3.74. The third kappa shape index (κ3) is 4.23. The minimum Gasteiger partial charge on any atom is -0.496 e. The monoisotopic (exact) mass is 514 g/mol. The summed E-state index contributed by atoms with van der Waals surface area (Å²) < 4.78 is 94.4. The maximum absolute atomic E-state index is 14.1. The average molecular weight is 514 g/mol. The summed E-state index contributed by atoms with van der Waals surface area (Å²) in [5.41, 5.74) is 1.03. The molecule has 0 spiro atoms. The molecular weight excluding hydrogens is 494 g/mol. The van der Waals surface area contributed by atoms with Gasteiger partial charge in [-0.3, -0.25) is 4.79 Å². The van der Waals surface area contributed by atoms with Gasteiger partial charge in [0.25, 0.3) is 5.91 Å². The van der Waals surface area contributed by atoms with E-state index in [1.807, 2.05) is 0 Å². The second-order valence-corrected chi connectivity index (χ2v) is 8.48. The molecule has 1 aromatic heterocycles. The quantitative estimate of drug-likeness (QED) is 0.480. The van der Waals surface area contributed by atoms with Crippen LogP contribution in [0, 0.1) is 17.5 Å². The molecule has 1 aliphatic heterocycles. The zero-order valence-corrected chi connectivity index (χ0v) is 18.9. The van der Waals surface area contributed by atoms with Gasteiger partial charge < -0.3 is 20.5 Å². The van der Waals surface area contributed by atoms with Gasteiger partial charge in [0, 0.05) is 18.1 Å². The number of methoxy groups -OCH3 is 1. The summed E-state index contributed by atoms with van der Waals surface area (Å²) in [4.78, 5) is 12.6. The van der Waals surface area contributed by atoms with Gasteiger partial charge in [0.15, 0.2) is 11.4 Å². The molecular formula is C23H20F6N4O3. The molecule has 7 nitrogen and oxygen atoms in total. The van der Waals surface area contributed by atoms with Gasteiger partial charge in [0.05, 0.1) is 25.5 Å². The number of anilines is 1. The second kappa shape index (κ2) is 8.73. The molecule has 3 aromatic rings. The van der Waals surface area contributed by atoms with Gasteiger partial charge in [-0.25, -0.2) is 17.9 Å². The Bertz CT molecular complexity index is 1320. The number of nitrogen functional groups attached to an aromatic ring is 1. The standard InChI is InChI=1S/C23H20F6N4O3/c1-21(15-7-12(24)4-6-18(15)35-2)10-22(36-21,23(27,28)29)11-31-20(34)14-9-32-33(19(14)30)17-5-3-13(25)8-16(17)26/h3-9H,10-11,30H2,1-2H3,(H,31,34)/t21?,22-/m1/s1. The van der Waals surface area contributed by atoms with E-state index in [9.17, 15) is 31.1 Å². The molecule has 0 saturated carbocycles. The van der Waals surface area contributed by atoms with E-state index >= 15 is 0 Å². The highest BCUT2D eigenvalue weighted by atomic mass is 19.4. The van der Waals surface area contributed by atoms with Crippen LogP contribution >= 0.6 is 0 Å². The number of nitrogens with two attached hydrogens (primary N) is 1. The Labute approximate surface area is 200 Å². The van der Waals surface area contributed by atoms with Crippen LogP contribution in [0.5, 0.6) is 5.75 Å². The minimum atomic E-state index is -4.90. The number of hydrogen-bond acceptors (Lipinski definition) is 5. The van der Waals surface area contributed by atoms with Crippen LogP contribution in [0.3, 0.4) is 0 Å². The van der Waals surface area contributed by atoms with Crippen LogP contribution in [0.2, 0.25) is 0 Å². The van der Waals surface area contributed by atoms with E-state index in [1.165, 1.54) is 20.1 Å². The van der Waals surface area contributed by atoms with Gasteiger partial charge in [0.2, 0.25) is 0 Å². The molecule has 2 aromatic carbocycles. The normalized spacial score (nSPS) is 21.7. The van der Waals surface area contributed by atoms with Crippen molar-refractivity contribution in [3.05, 3.63) is 71.2 Å². The molecule has 1 saturated heterocycles. The number of ether oxygens (including phenoxy) is 2. The van der Waals surface area contributed by atoms with Crippen molar-refractivity contribution in [2.75, 3.05) is 19.4 Å². The minimum absolute atomic E-state index is 0.0862. The second-order valence-electron chi connectivity index (χ2n) is 8.48. The van der Waals surface area contributed by atoms with E-state index < -0.39 is 53.7 Å². The number of amides is 1. The predicted molar refractivity (Wildman–Crippen MR) is 115 cm³/mol. The maximum atomic E-state index is 14.1. The highest BCUT2D eigenvalue weighted by Crippen LogP contribution is 2.56. The molecule has 1 unspecified atom stereocenters. The number of carbonyl (C=O) groups excluding carboxylic acids is 1. The Morgan fingerprint density at radius 2 is 1.83 bits per heavy atom. The first kappa shape index (κ1) is 25.4. The van der Waals surface area contributed by atoms with E-state index in [0.29, 0.717) is 6.07 Å². The molecule has 4 rings (SSSR count). The number of halogens is 6. The van der Waals surface area contributed by atoms with Gasteiger partial charge in [-0.15, -0.1) is 0 Å². The smallest absolute Gasteiger partial charge is 0.419 e. The lowest BCUT2D eigenvalue weighted by Crippen LogP contribution is -2.68. The molecule has 0 aliphatic carbocycles. The molecule has 3 N–H and O–H groups in total. The van der Waals surface area contributed by atoms with Crippen molar-refractivity contribution in [2.24, 2.45) is 0 Å². The topological polar surface area (TPSA) is 91.4 Å². The fraction of sp³-hybridized carbons (Fsp3) is 0.304. The third-order valence-corrected chi connectivity index (χ3v) is 6.01. The van der Waals surface area contributed by atoms with Crippen molar-refractivity contribution in [1.82, 2.24) is 15.1 Å². The van der Waals surface area contributed by atoms with Crippen molar-refractivity contribution < 1.29 is 40.6 Å². The average Bonchev–Trinajstić information content (AvgIpc) is 3.16. The largest absolute Gasteiger partial charge is 0.496 e. The van der Waals surface area contributed by atoms with E-state index in [-0.39, 0.29) is 28.4 Å². The van der Waals surface area contributed by atoms with Crippen LogP contribution in [0.25, 0.3) is 5.69 Å². The van der Waals surface area contributed by atoms with Crippen molar-refractivity contribution >= 4 is 11.7 Å². The van der Waals surface area contributed by atoms with E-state index in [4.69, 9.17) is 15.2 Å². The molecule has 2 atom stereocenters. The number of aromatic nitrogens is 2. The number of nitrogens with one attached hydrogen (secondary N) is 1. The SMILES string of the molecule is COc1ccc(F)cc1C1(C)C[C@@](CNC(=O)c2cnn(-c3ccc(F)cc3F)c2N)(C(F)(F)F)O1. The Morgan fingerprint density at radius 3 is 2.44 bits per heavy atom. The lowest BCUT2D eigenvalue weighted by molar-refractivity contribution is -0.382. The van der Waals surface area contributed by atoms with Gasteiger partial charge in [0.1, 0.15) is 34.5 Å². The van der Waals surface area contributed by atoms with E-state index in [2.05, 4.69) is 10.4 Å². The zero-order valence-electron chi connectivity index (χ0n) is 18.9. The summed E-state index contributed by atoms with van der Waals surface area (Å²) in [5.74, 6) is -3.79. The maximum Gasteiger partial charge on any atom is 0.419 e. The van der Waals surface area contributed by atoms with Crippen LogP contribution < -0.4 is 15.8 Å². The lowest BCUT2D eigenvalue weighted by atomic mass is 9.75. The Kier molecular flexibility index (Phi) is 6.15. The van der Waals surface area contributed by atoms with Crippen molar-refractivity contribution in [3.8, 4) is 11.4 Å². The molecule has 1 aliphatic rings. The number of nitrogens with zero attached hydrogens (tertiary/aromatic N) is 2. The number of rotatable bonds is 6. The fourth-order valence-corrected chi connectivity index (χ4v) is 4.26. The first-order valence-electron chi connectivity index (χ1n) is 10.5. The molecule has 1 amide bonds. The number of benzene rings is 2. The van der Waals surface area contributed by atoms with Gasteiger partial charge in [-0.05, 0) is 37.3 Å². The van der Waals surface area contributed by atoms with Crippen molar-refractivity contribution in [2.45, 2.75) is 30.7 Å². The van der Waals surface area contributed by atoms with Gasteiger partial charge in [-0.1, -0.05) is 0 Å². The summed E-state index contributed by atoms with van der Waals surface area (Å²) in [7, 11) is 1.29. The van der Waals surface area contributed by atoms with Crippen LogP contribution in [-0.4, -0.2) is 41.1 Å². The molecule has 0 radical (unpaired) electrons. The highest BCUT2D eigenvalue weighted by molar-refractivity contribution is 5.98. The summed E-state index contributed by atoms with van der Waals surface area (Å²) in [6, 6.07) is 5.98. The van der Waals surface area contributed by atoms with E-state index in [1.54, 1.807) is 0 Å². The Balaban J connectivity index is 1.54. The van der Waals surface area contributed by atoms with Crippen LogP contribution in [-0.2, 0) is 10.3 Å². The summed E-state index contributed by atoms with van der Waals surface area (Å²) in [6.07, 6.45) is -4.59. The van der Waals surface area contributed by atoms with Crippen LogP contribution in [0.4, 0.5) is 32.2 Å². The lowest BCUT2D eigenvalue weighted by Gasteiger charge is -2.55. The predicted octanol–water partition coefficient (Wildman–Crippen LogP) is 4.25. The molecule has 13 heteroatoms. The molecule has 192 valence electrons. The highest BCUT2D eigenvalue weighted by Gasteiger charge is 2.68. The van der Waals surface area contributed by atoms with Crippen molar-refractivity contribution in [1.29, 1.82) is 0 Å². The van der Waals surface area contributed by atoms with Crippen LogP contribution in [0.15, 0.2) is 42.6 Å². The fourth-order valence-electron chi connectivity index (χ4n) is 4.26. The first-order chi connectivity index (χ1) is 16.8. The molecule has 1 fully saturated rings. The molecule has 0 bridgehead atoms. The Morgan fingerprint density at radius 1 is 1.19 bits per heavy atom. The van der Waals surface area contributed by atoms with Gasteiger partial charge in [-0.2, -0.15) is 18.3 Å². The number of alkyl halides is 3. The number of carbonyl (C=O) groups is 1. The molecule has 36 heavy (non-hydrogen) atoms. The third-order valence-electron chi connectivity index (χ3n) is 6.01. The van der Waals surface area contributed by atoms with Gasteiger partial charge >= 0.3 is 6.18 Å². The summed E-state index contributed by atoms with van der Waals surface area (Å²) in [6.45, 7) is 0.369. The summed E-state index contributed by atoms with van der Waals surface area (Å²) in [5, 5.41) is 5.91. The zero-order chi connectivity index (χ0) is 26.5. The molecule has 2 heterocycles. The first-order valence-corrected chi connectivity index (χ1v) is 10.5. The van der Waals surface area contributed by atoms with E-state index in [0.717, 1.165) is 35.1 Å². The summed E-state index contributed by atoms with van der Waals surface area (Å²) >= 11 is 0. The van der Waals surface area contributed by atoms with Crippen LogP contribution in [0.1, 0.15) is 29.3 Å².